The molecule has 3 fully saturated rings. The number of hydrogen-bond acceptors (Lipinski definition) is 5. The molecule has 4 atom stereocenters. The van der Waals surface area contributed by atoms with Crippen molar-refractivity contribution in [1.29, 1.82) is 0 Å². The van der Waals surface area contributed by atoms with E-state index in [1.807, 2.05) is 12.4 Å². The Morgan fingerprint density at radius 2 is 1.96 bits per heavy atom. The number of likely N-dealkylation sites (tertiary alicyclic amines) is 1. The molecular weight excluding hydrogens is 360 g/mol. The third kappa shape index (κ3) is 5.21. The van der Waals surface area contributed by atoms with Gasteiger partial charge in [-0.2, -0.15) is 0 Å². The Morgan fingerprint density at radius 3 is 2.67 bits per heavy atom. The van der Waals surface area contributed by atoms with Gasteiger partial charge < -0.3 is 15.4 Å². The first-order valence-electron chi connectivity index (χ1n) is 10.5. The molecule has 2 saturated heterocycles. The lowest BCUT2D eigenvalue weighted by Gasteiger charge is -2.39. The van der Waals surface area contributed by atoms with E-state index in [2.05, 4.69) is 39.6 Å². The number of pyridine rings is 1. The summed E-state index contributed by atoms with van der Waals surface area (Å²) in [6.07, 6.45) is 10.4. The smallest absolute Gasteiger partial charge is 0.0623 e. The van der Waals surface area contributed by atoms with Gasteiger partial charge in [-0.25, -0.2) is 0 Å². The molecule has 5 nitrogen and oxygen atoms in total. The van der Waals surface area contributed by atoms with Crippen LogP contribution in [0.4, 0.5) is 0 Å². The summed E-state index contributed by atoms with van der Waals surface area (Å²) in [5, 5.41) is 7.72. The van der Waals surface area contributed by atoms with Crippen molar-refractivity contribution < 1.29 is 4.74 Å². The van der Waals surface area contributed by atoms with E-state index in [9.17, 15) is 0 Å². The maximum absolute atomic E-state index is 5.71. The van der Waals surface area contributed by atoms with Gasteiger partial charge in [0.1, 0.15) is 0 Å². The van der Waals surface area contributed by atoms with Gasteiger partial charge in [-0.3, -0.25) is 9.88 Å². The summed E-state index contributed by atoms with van der Waals surface area (Å²) in [6.45, 7) is 7.47. The van der Waals surface area contributed by atoms with Crippen molar-refractivity contribution in [2.45, 2.75) is 63.2 Å². The van der Waals surface area contributed by atoms with Gasteiger partial charge in [0.15, 0.2) is 0 Å². The van der Waals surface area contributed by atoms with Crippen molar-refractivity contribution in [3.8, 4) is 0 Å². The Kier molecular flexibility index (Phi) is 7.91. The summed E-state index contributed by atoms with van der Waals surface area (Å²) in [5.74, 6) is 0.740. The van der Waals surface area contributed by atoms with Crippen LogP contribution < -0.4 is 10.6 Å². The lowest BCUT2D eigenvalue weighted by atomic mass is 9.92. The first-order chi connectivity index (χ1) is 12.8. The molecule has 3 heterocycles. The molecule has 0 spiro atoms. The highest BCUT2D eigenvalue weighted by Gasteiger charge is 2.36. The summed E-state index contributed by atoms with van der Waals surface area (Å²) in [7, 11) is 0. The van der Waals surface area contributed by atoms with Crippen LogP contribution in [-0.2, 0) is 4.74 Å². The molecule has 0 bridgehead atoms. The fraction of sp³-hybridized carbons (Fsp3) is 0.762. The van der Waals surface area contributed by atoms with Gasteiger partial charge in [-0.15, -0.1) is 12.4 Å². The Bertz CT molecular complexity index is 546. The minimum Gasteiger partial charge on any atom is -0.379 e. The normalized spacial score (nSPS) is 31.4. The van der Waals surface area contributed by atoms with Crippen LogP contribution in [0.5, 0.6) is 0 Å². The lowest BCUT2D eigenvalue weighted by molar-refractivity contribution is 0.0502. The Labute approximate surface area is 170 Å². The van der Waals surface area contributed by atoms with E-state index in [4.69, 9.17) is 4.74 Å². The number of morpholine rings is 1. The molecule has 27 heavy (non-hydrogen) atoms. The fourth-order valence-corrected chi connectivity index (χ4v) is 5.15. The SMILES string of the molecule is CC(c1ccncc1)N1CCC(NC2CCCC2C2COCCN2)CC1.Cl. The highest BCUT2D eigenvalue weighted by Crippen LogP contribution is 2.31. The molecule has 0 radical (unpaired) electrons. The van der Waals surface area contributed by atoms with Crippen LogP contribution in [-0.4, -0.2) is 60.9 Å². The summed E-state index contributed by atoms with van der Waals surface area (Å²) in [5.41, 5.74) is 1.38. The number of rotatable bonds is 5. The van der Waals surface area contributed by atoms with Crippen LogP contribution in [0, 0.1) is 5.92 Å². The molecule has 0 amide bonds. The van der Waals surface area contributed by atoms with Crippen molar-refractivity contribution in [3.05, 3.63) is 30.1 Å². The van der Waals surface area contributed by atoms with E-state index in [0.29, 0.717) is 24.2 Å². The van der Waals surface area contributed by atoms with Gasteiger partial charge in [0, 0.05) is 56.2 Å². The largest absolute Gasteiger partial charge is 0.379 e. The molecule has 6 heteroatoms. The first-order valence-corrected chi connectivity index (χ1v) is 10.5. The van der Waals surface area contributed by atoms with E-state index < -0.39 is 0 Å². The van der Waals surface area contributed by atoms with Crippen molar-refractivity contribution in [2.24, 2.45) is 5.92 Å². The van der Waals surface area contributed by atoms with Crippen LogP contribution in [0.15, 0.2) is 24.5 Å². The molecule has 2 N–H and O–H groups in total. The summed E-state index contributed by atoms with van der Waals surface area (Å²) in [4.78, 5) is 6.77. The van der Waals surface area contributed by atoms with Crippen LogP contribution in [0.25, 0.3) is 0 Å². The maximum atomic E-state index is 5.71. The minimum absolute atomic E-state index is 0. The monoisotopic (exact) mass is 394 g/mol. The molecule has 3 aliphatic rings. The topological polar surface area (TPSA) is 49.4 Å². The number of ether oxygens (including phenoxy) is 1. The second-order valence-corrected chi connectivity index (χ2v) is 8.27. The van der Waals surface area contributed by atoms with Crippen molar-refractivity contribution in [2.75, 3.05) is 32.8 Å². The predicted octanol–water partition coefficient (Wildman–Crippen LogP) is 2.78. The van der Waals surface area contributed by atoms with Gasteiger partial charge in [-0.05, 0) is 56.2 Å². The van der Waals surface area contributed by atoms with E-state index in [0.717, 1.165) is 25.7 Å². The minimum atomic E-state index is 0. The maximum Gasteiger partial charge on any atom is 0.0623 e. The molecule has 1 aromatic rings. The summed E-state index contributed by atoms with van der Waals surface area (Å²) < 4.78 is 5.71. The van der Waals surface area contributed by atoms with Crippen LogP contribution >= 0.6 is 12.4 Å². The van der Waals surface area contributed by atoms with Gasteiger partial charge >= 0.3 is 0 Å². The lowest BCUT2D eigenvalue weighted by Crippen LogP contribution is -2.53. The molecular formula is C21H35ClN4O. The molecule has 1 aromatic heterocycles. The average Bonchev–Trinajstić information content (AvgIpc) is 3.17. The number of nitrogens with zero attached hydrogens (tertiary/aromatic N) is 2. The van der Waals surface area contributed by atoms with Crippen molar-refractivity contribution in [1.82, 2.24) is 20.5 Å². The van der Waals surface area contributed by atoms with E-state index >= 15 is 0 Å². The highest BCUT2D eigenvalue weighted by atomic mass is 35.5. The zero-order valence-electron chi connectivity index (χ0n) is 16.5. The number of hydrogen-bond donors (Lipinski definition) is 2. The van der Waals surface area contributed by atoms with Crippen LogP contribution in [0.2, 0.25) is 0 Å². The average molecular weight is 395 g/mol. The zero-order valence-corrected chi connectivity index (χ0v) is 17.3. The number of piperidine rings is 1. The molecule has 0 aromatic carbocycles. The van der Waals surface area contributed by atoms with Crippen LogP contribution in [0.3, 0.4) is 0 Å². The van der Waals surface area contributed by atoms with Gasteiger partial charge in [0.05, 0.1) is 13.2 Å². The quantitative estimate of drug-likeness (QED) is 0.804. The third-order valence-corrected chi connectivity index (χ3v) is 6.75. The van der Waals surface area contributed by atoms with Crippen LogP contribution in [0.1, 0.15) is 50.6 Å². The number of aromatic nitrogens is 1. The molecule has 152 valence electrons. The van der Waals surface area contributed by atoms with E-state index in [-0.39, 0.29) is 12.4 Å². The Balaban J connectivity index is 0.00000210. The summed E-state index contributed by atoms with van der Waals surface area (Å²) >= 11 is 0. The van der Waals surface area contributed by atoms with Gasteiger partial charge in [0.25, 0.3) is 0 Å². The molecule has 2 aliphatic heterocycles. The number of halogens is 1. The molecule has 4 unspecified atom stereocenters. The van der Waals surface area contributed by atoms with Crippen molar-refractivity contribution in [3.63, 3.8) is 0 Å². The Hall–Kier alpha value is -0.720. The van der Waals surface area contributed by atoms with Gasteiger partial charge in [-0.1, -0.05) is 6.42 Å². The fourth-order valence-electron chi connectivity index (χ4n) is 5.15. The summed E-state index contributed by atoms with van der Waals surface area (Å²) in [6, 6.07) is 6.68. The van der Waals surface area contributed by atoms with Crippen molar-refractivity contribution >= 4 is 12.4 Å². The predicted molar refractivity (Wildman–Crippen MR) is 111 cm³/mol. The second-order valence-electron chi connectivity index (χ2n) is 8.27. The Morgan fingerprint density at radius 1 is 1.19 bits per heavy atom. The van der Waals surface area contributed by atoms with E-state index in [1.165, 1.54) is 50.8 Å². The third-order valence-electron chi connectivity index (χ3n) is 6.75. The van der Waals surface area contributed by atoms with Gasteiger partial charge in [0.2, 0.25) is 0 Å². The molecule has 1 saturated carbocycles. The highest BCUT2D eigenvalue weighted by molar-refractivity contribution is 5.85. The number of nitrogens with one attached hydrogen (secondary N) is 2. The molecule has 1 aliphatic carbocycles. The first kappa shape index (κ1) is 21.0. The second kappa shape index (κ2) is 10.2. The zero-order chi connectivity index (χ0) is 17.8. The van der Waals surface area contributed by atoms with E-state index in [1.54, 1.807) is 0 Å². The standard InChI is InChI=1S/C21H34N4O.ClH/c1-16(17-5-9-22-10-6-17)25-12-7-18(8-13-25)24-20-4-2-3-19(20)21-15-26-14-11-23-21;/h5-6,9-10,16,18-21,23-24H,2-4,7-8,11-15H2,1H3;1H. The molecule has 4 rings (SSSR count).